The molecule has 0 heterocycles. The molecule has 0 aliphatic carbocycles. The van der Waals surface area contributed by atoms with Crippen molar-refractivity contribution in [3.05, 3.63) is 64.7 Å². The van der Waals surface area contributed by atoms with Gasteiger partial charge in [-0.15, -0.1) is 0 Å². The summed E-state index contributed by atoms with van der Waals surface area (Å²) in [5.41, 5.74) is 0.935. The van der Waals surface area contributed by atoms with Crippen LogP contribution in [0.2, 0.25) is 5.02 Å². The van der Waals surface area contributed by atoms with E-state index in [1.54, 1.807) is 37.3 Å². The van der Waals surface area contributed by atoms with Crippen LogP contribution < -0.4 is 15.4 Å². The third-order valence-electron chi connectivity index (χ3n) is 3.22. The molecule has 2 aromatic rings. The highest BCUT2D eigenvalue weighted by molar-refractivity contribution is 6.32. The Morgan fingerprint density at radius 2 is 1.96 bits per heavy atom. The molecular weight excluding hydrogens is 342 g/mol. The Labute approximate surface area is 150 Å². The standard InChI is InChI=1S/C18H16ClN3O3/c1-2-21-18(24)22-17(23)16(13-6-4-3-5-7-13)25-15-9-8-12(11-20)10-14(15)19/h3-10,16H,2H2,1H3,(H2,21,22,23,24)/t16-/m1/s1. The van der Waals surface area contributed by atoms with Crippen LogP contribution in [0, 0.1) is 11.3 Å². The summed E-state index contributed by atoms with van der Waals surface area (Å²) in [6.07, 6.45) is -1.07. The third-order valence-corrected chi connectivity index (χ3v) is 3.52. The minimum Gasteiger partial charge on any atom is -0.474 e. The first-order valence-corrected chi connectivity index (χ1v) is 7.93. The highest BCUT2D eigenvalue weighted by Gasteiger charge is 2.25. The second-order valence-corrected chi connectivity index (χ2v) is 5.42. The van der Waals surface area contributed by atoms with E-state index in [9.17, 15) is 9.59 Å². The quantitative estimate of drug-likeness (QED) is 0.859. The zero-order valence-corrected chi connectivity index (χ0v) is 14.2. The van der Waals surface area contributed by atoms with E-state index in [0.717, 1.165) is 0 Å². The van der Waals surface area contributed by atoms with Gasteiger partial charge in [0.15, 0.2) is 0 Å². The summed E-state index contributed by atoms with van der Waals surface area (Å²) < 4.78 is 5.74. The predicted molar refractivity (Wildman–Crippen MR) is 93.2 cm³/mol. The van der Waals surface area contributed by atoms with Crippen LogP contribution >= 0.6 is 11.6 Å². The lowest BCUT2D eigenvalue weighted by Gasteiger charge is -2.19. The Morgan fingerprint density at radius 1 is 1.24 bits per heavy atom. The van der Waals surface area contributed by atoms with Crippen LogP contribution in [0.5, 0.6) is 5.75 Å². The largest absolute Gasteiger partial charge is 0.474 e. The van der Waals surface area contributed by atoms with E-state index in [0.29, 0.717) is 17.7 Å². The average molecular weight is 358 g/mol. The molecule has 0 fully saturated rings. The maximum absolute atomic E-state index is 12.5. The molecule has 0 aliphatic heterocycles. The molecule has 2 aromatic carbocycles. The molecule has 0 saturated carbocycles. The summed E-state index contributed by atoms with van der Waals surface area (Å²) in [4.78, 5) is 24.1. The van der Waals surface area contributed by atoms with Crippen molar-refractivity contribution in [1.29, 1.82) is 5.26 Å². The Hall–Kier alpha value is -3.04. The van der Waals surface area contributed by atoms with Gasteiger partial charge in [0.2, 0.25) is 6.10 Å². The first-order chi connectivity index (χ1) is 12.0. The summed E-state index contributed by atoms with van der Waals surface area (Å²) in [7, 11) is 0. The van der Waals surface area contributed by atoms with E-state index in [-0.39, 0.29) is 10.8 Å². The number of benzene rings is 2. The van der Waals surface area contributed by atoms with Crippen LogP contribution in [0.25, 0.3) is 0 Å². The number of carbonyl (C=O) groups is 2. The molecule has 25 heavy (non-hydrogen) atoms. The summed E-state index contributed by atoms with van der Waals surface area (Å²) in [5, 5.41) is 13.8. The van der Waals surface area contributed by atoms with E-state index in [2.05, 4.69) is 10.6 Å². The molecule has 6 nitrogen and oxygen atoms in total. The van der Waals surface area contributed by atoms with Crippen LogP contribution in [-0.4, -0.2) is 18.5 Å². The highest BCUT2D eigenvalue weighted by atomic mass is 35.5. The van der Waals surface area contributed by atoms with Crippen molar-refractivity contribution in [3.8, 4) is 11.8 Å². The molecule has 0 unspecified atom stereocenters. The van der Waals surface area contributed by atoms with Gasteiger partial charge in [0.05, 0.1) is 16.7 Å². The lowest BCUT2D eigenvalue weighted by molar-refractivity contribution is -0.127. The van der Waals surface area contributed by atoms with Gasteiger partial charge in [-0.3, -0.25) is 10.1 Å². The molecular formula is C18H16ClN3O3. The number of hydrogen-bond acceptors (Lipinski definition) is 4. The summed E-state index contributed by atoms with van der Waals surface area (Å²) in [6, 6.07) is 14.6. The molecule has 2 N–H and O–H groups in total. The Bertz CT molecular complexity index is 803. The first kappa shape index (κ1) is 18.3. The minimum absolute atomic E-state index is 0.200. The lowest BCUT2D eigenvalue weighted by Crippen LogP contribution is -2.42. The monoisotopic (exact) mass is 357 g/mol. The van der Waals surface area contributed by atoms with Crippen molar-refractivity contribution >= 4 is 23.5 Å². The maximum Gasteiger partial charge on any atom is 0.321 e. The summed E-state index contributed by atoms with van der Waals surface area (Å²) in [5.74, 6) is -0.391. The fraction of sp³-hybridized carbons (Fsp3) is 0.167. The highest BCUT2D eigenvalue weighted by Crippen LogP contribution is 2.30. The molecule has 7 heteroatoms. The van der Waals surface area contributed by atoms with Crippen LogP contribution in [0.1, 0.15) is 24.2 Å². The molecule has 0 saturated heterocycles. The van der Waals surface area contributed by atoms with Gasteiger partial charge in [-0.25, -0.2) is 4.79 Å². The smallest absolute Gasteiger partial charge is 0.321 e. The maximum atomic E-state index is 12.5. The zero-order chi connectivity index (χ0) is 18.2. The molecule has 3 amide bonds. The lowest BCUT2D eigenvalue weighted by atomic mass is 10.1. The Balaban J connectivity index is 2.28. The first-order valence-electron chi connectivity index (χ1n) is 7.55. The van der Waals surface area contributed by atoms with Gasteiger partial charge in [-0.05, 0) is 25.1 Å². The van der Waals surface area contributed by atoms with Crippen molar-refractivity contribution in [1.82, 2.24) is 10.6 Å². The second kappa shape index (κ2) is 8.71. The van der Waals surface area contributed by atoms with E-state index in [1.165, 1.54) is 18.2 Å². The van der Waals surface area contributed by atoms with E-state index in [1.807, 2.05) is 6.07 Å². The number of halogens is 1. The molecule has 1 atom stereocenters. The molecule has 2 rings (SSSR count). The third kappa shape index (κ3) is 4.96. The van der Waals surface area contributed by atoms with Crippen molar-refractivity contribution in [2.75, 3.05) is 6.54 Å². The van der Waals surface area contributed by atoms with Gasteiger partial charge < -0.3 is 10.1 Å². The van der Waals surface area contributed by atoms with Gasteiger partial charge in [0.1, 0.15) is 5.75 Å². The molecule has 0 radical (unpaired) electrons. The number of ether oxygens (including phenoxy) is 1. The minimum atomic E-state index is -1.07. The SMILES string of the molecule is CCNC(=O)NC(=O)[C@H](Oc1ccc(C#N)cc1Cl)c1ccccc1. The van der Waals surface area contributed by atoms with Crippen molar-refractivity contribution < 1.29 is 14.3 Å². The van der Waals surface area contributed by atoms with Crippen LogP contribution in [-0.2, 0) is 4.79 Å². The van der Waals surface area contributed by atoms with Crippen molar-refractivity contribution in [2.45, 2.75) is 13.0 Å². The van der Waals surface area contributed by atoms with Gasteiger partial charge in [-0.2, -0.15) is 5.26 Å². The van der Waals surface area contributed by atoms with E-state index < -0.39 is 18.0 Å². The van der Waals surface area contributed by atoms with Crippen LogP contribution in [0.4, 0.5) is 4.79 Å². The average Bonchev–Trinajstić information content (AvgIpc) is 2.61. The number of rotatable bonds is 5. The number of nitriles is 1. The van der Waals surface area contributed by atoms with Gasteiger partial charge in [0.25, 0.3) is 5.91 Å². The van der Waals surface area contributed by atoms with Crippen molar-refractivity contribution in [3.63, 3.8) is 0 Å². The van der Waals surface area contributed by atoms with Gasteiger partial charge >= 0.3 is 6.03 Å². The molecule has 0 bridgehead atoms. The molecule has 0 aromatic heterocycles. The van der Waals surface area contributed by atoms with Gasteiger partial charge in [-0.1, -0.05) is 41.9 Å². The number of amides is 3. The Morgan fingerprint density at radius 3 is 2.56 bits per heavy atom. The molecule has 0 spiro atoms. The number of urea groups is 1. The predicted octanol–water partition coefficient (Wildman–Crippen LogP) is 3.18. The number of hydrogen-bond donors (Lipinski definition) is 2. The fourth-order valence-electron chi connectivity index (χ4n) is 2.08. The topological polar surface area (TPSA) is 91.2 Å². The Kier molecular flexibility index (Phi) is 6.38. The number of nitrogens with one attached hydrogen (secondary N) is 2. The summed E-state index contributed by atoms with van der Waals surface area (Å²) >= 11 is 6.11. The molecule has 128 valence electrons. The number of carbonyl (C=O) groups excluding carboxylic acids is 2. The second-order valence-electron chi connectivity index (χ2n) is 5.01. The fourth-order valence-corrected chi connectivity index (χ4v) is 2.30. The van der Waals surface area contributed by atoms with Crippen LogP contribution in [0.3, 0.4) is 0 Å². The van der Waals surface area contributed by atoms with E-state index >= 15 is 0 Å². The van der Waals surface area contributed by atoms with Crippen LogP contribution in [0.15, 0.2) is 48.5 Å². The zero-order valence-electron chi connectivity index (χ0n) is 13.5. The molecule has 0 aliphatic rings. The summed E-state index contributed by atoms with van der Waals surface area (Å²) in [6.45, 7) is 2.13. The van der Waals surface area contributed by atoms with E-state index in [4.69, 9.17) is 21.6 Å². The normalized spacial score (nSPS) is 11.1. The number of imide groups is 1. The van der Waals surface area contributed by atoms with Gasteiger partial charge in [0, 0.05) is 12.1 Å². The van der Waals surface area contributed by atoms with Crippen molar-refractivity contribution in [2.24, 2.45) is 0 Å². The number of nitrogens with zero attached hydrogens (tertiary/aromatic N) is 1.